The van der Waals surface area contributed by atoms with Crippen molar-refractivity contribution in [3.63, 3.8) is 0 Å². The largest absolute Gasteiger partial charge is 0.393 e. The third kappa shape index (κ3) is 1.73. The lowest BCUT2D eigenvalue weighted by Crippen LogP contribution is -2.13. The van der Waals surface area contributed by atoms with Gasteiger partial charge in [-0.3, -0.25) is 4.79 Å². The smallest absolute Gasteiger partial charge is 0.274 e. The molecule has 3 aromatic rings. The van der Waals surface area contributed by atoms with E-state index in [4.69, 9.17) is 5.73 Å². The maximum Gasteiger partial charge on any atom is 0.274 e. The van der Waals surface area contributed by atoms with Gasteiger partial charge in [-0.2, -0.15) is 0 Å². The molecule has 0 spiro atoms. The van der Waals surface area contributed by atoms with Crippen LogP contribution in [0.4, 0.5) is 5.69 Å². The zero-order valence-electron chi connectivity index (χ0n) is 9.55. The Morgan fingerprint density at radius 3 is 2.61 bits per heavy atom. The van der Waals surface area contributed by atoms with Gasteiger partial charge in [0.25, 0.3) is 5.56 Å². The highest BCUT2D eigenvalue weighted by Gasteiger charge is 2.03. The van der Waals surface area contributed by atoms with Crippen molar-refractivity contribution in [3.8, 4) is 11.4 Å². The van der Waals surface area contributed by atoms with E-state index in [0.717, 1.165) is 16.3 Å². The number of H-pyrrole nitrogens is 1. The Morgan fingerprint density at radius 1 is 1.06 bits per heavy atom. The number of aromatic nitrogens is 2. The molecular weight excluding hydrogens is 226 g/mol. The van der Waals surface area contributed by atoms with Crippen molar-refractivity contribution < 1.29 is 0 Å². The molecule has 0 unspecified atom stereocenters. The molecule has 3 N–H and O–H groups in total. The van der Waals surface area contributed by atoms with Crippen molar-refractivity contribution in [2.75, 3.05) is 5.73 Å². The van der Waals surface area contributed by atoms with Crippen LogP contribution in [0, 0.1) is 0 Å². The first-order chi connectivity index (χ1) is 8.74. The van der Waals surface area contributed by atoms with Gasteiger partial charge in [-0.05, 0) is 16.8 Å². The minimum absolute atomic E-state index is 0.125. The van der Waals surface area contributed by atoms with Crippen LogP contribution in [-0.4, -0.2) is 9.97 Å². The summed E-state index contributed by atoms with van der Waals surface area (Å²) in [6.07, 6.45) is 1.38. The minimum Gasteiger partial charge on any atom is -0.393 e. The van der Waals surface area contributed by atoms with E-state index in [1.165, 1.54) is 6.20 Å². The average Bonchev–Trinajstić information content (AvgIpc) is 2.41. The van der Waals surface area contributed by atoms with Crippen LogP contribution >= 0.6 is 0 Å². The van der Waals surface area contributed by atoms with Crippen molar-refractivity contribution in [1.82, 2.24) is 9.97 Å². The number of rotatable bonds is 1. The molecule has 0 aliphatic carbocycles. The molecule has 0 aliphatic heterocycles. The Morgan fingerprint density at radius 2 is 1.83 bits per heavy atom. The second-order valence-corrected chi connectivity index (χ2v) is 4.08. The quantitative estimate of drug-likeness (QED) is 0.681. The summed E-state index contributed by atoms with van der Waals surface area (Å²) in [7, 11) is 0. The monoisotopic (exact) mass is 237 g/mol. The normalized spacial score (nSPS) is 10.7. The number of benzene rings is 2. The van der Waals surface area contributed by atoms with E-state index in [0.29, 0.717) is 5.82 Å². The number of aromatic amines is 1. The van der Waals surface area contributed by atoms with Crippen LogP contribution in [0.25, 0.3) is 22.2 Å². The van der Waals surface area contributed by atoms with Gasteiger partial charge in [0.2, 0.25) is 0 Å². The summed E-state index contributed by atoms with van der Waals surface area (Å²) in [6, 6.07) is 13.9. The fourth-order valence-electron chi connectivity index (χ4n) is 1.89. The molecule has 0 bridgehead atoms. The molecule has 0 aliphatic rings. The molecule has 88 valence electrons. The van der Waals surface area contributed by atoms with Crippen LogP contribution in [0.15, 0.2) is 53.5 Å². The summed E-state index contributed by atoms with van der Waals surface area (Å²) < 4.78 is 0. The maximum atomic E-state index is 11.5. The number of nitrogens with zero attached hydrogens (tertiary/aromatic N) is 1. The molecule has 3 rings (SSSR count). The molecule has 0 fully saturated rings. The van der Waals surface area contributed by atoms with E-state index in [1.807, 2.05) is 42.5 Å². The molecule has 0 atom stereocenters. The average molecular weight is 237 g/mol. The molecule has 0 saturated carbocycles. The number of fused-ring (bicyclic) bond motifs is 1. The predicted molar refractivity (Wildman–Crippen MR) is 72.2 cm³/mol. The number of hydrogen-bond acceptors (Lipinski definition) is 3. The number of nitrogen functional groups attached to an aromatic ring is 1. The second-order valence-electron chi connectivity index (χ2n) is 4.08. The highest BCUT2D eigenvalue weighted by Crippen LogP contribution is 2.21. The van der Waals surface area contributed by atoms with Crippen LogP contribution in [0.2, 0.25) is 0 Å². The van der Waals surface area contributed by atoms with Gasteiger partial charge in [0.05, 0.1) is 6.20 Å². The zero-order chi connectivity index (χ0) is 12.5. The van der Waals surface area contributed by atoms with E-state index in [2.05, 4.69) is 9.97 Å². The number of anilines is 1. The Balaban J connectivity index is 2.19. The first-order valence-corrected chi connectivity index (χ1v) is 5.58. The Kier molecular flexibility index (Phi) is 2.34. The van der Waals surface area contributed by atoms with E-state index >= 15 is 0 Å². The van der Waals surface area contributed by atoms with Gasteiger partial charge in [0, 0.05) is 5.56 Å². The maximum absolute atomic E-state index is 11.5. The Hall–Kier alpha value is -2.62. The first-order valence-electron chi connectivity index (χ1n) is 5.58. The molecule has 1 aromatic heterocycles. The summed E-state index contributed by atoms with van der Waals surface area (Å²) in [5.41, 5.74) is 6.13. The van der Waals surface area contributed by atoms with Gasteiger partial charge in [-0.15, -0.1) is 0 Å². The second kappa shape index (κ2) is 4.00. The van der Waals surface area contributed by atoms with Crippen molar-refractivity contribution >= 4 is 16.5 Å². The number of hydrogen-bond donors (Lipinski definition) is 2. The lowest BCUT2D eigenvalue weighted by molar-refractivity contribution is 1.13. The predicted octanol–water partition coefficient (Wildman–Crippen LogP) is 2.17. The third-order valence-corrected chi connectivity index (χ3v) is 2.85. The third-order valence-electron chi connectivity index (χ3n) is 2.85. The number of nitrogens with two attached hydrogens (primary N) is 1. The summed E-state index contributed by atoms with van der Waals surface area (Å²) in [5.74, 6) is 0.528. The Labute approximate surface area is 103 Å². The topological polar surface area (TPSA) is 71.8 Å². The first kappa shape index (κ1) is 10.5. The van der Waals surface area contributed by atoms with Crippen LogP contribution in [0.3, 0.4) is 0 Å². The Bertz CT molecular complexity index is 777. The van der Waals surface area contributed by atoms with Crippen LogP contribution in [0.5, 0.6) is 0 Å². The van der Waals surface area contributed by atoms with Crippen molar-refractivity contribution in [1.29, 1.82) is 0 Å². The number of nitrogens with one attached hydrogen (secondary N) is 1. The van der Waals surface area contributed by atoms with Crippen molar-refractivity contribution in [2.24, 2.45) is 0 Å². The standard InChI is InChI=1S/C14H11N3O/c15-12-8-16-13(17-14(12)18)11-6-5-9-3-1-2-4-10(9)7-11/h1-8H,15H2,(H,16,17,18). The van der Waals surface area contributed by atoms with Crippen molar-refractivity contribution in [3.05, 3.63) is 59.0 Å². The molecule has 1 heterocycles. The molecule has 18 heavy (non-hydrogen) atoms. The highest BCUT2D eigenvalue weighted by atomic mass is 16.1. The van der Waals surface area contributed by atoms with Gasteiger partial charge in [0.1, 0.15) is 11.5 Å². The lowest BCUT2D eigenvalue weighted by atomic mass is 10.1. The fourth-order valence-corrected chi connectivity index (χ4v) is 1.89. The summed E-state index contributed by atoms with van der Waals surface area (Å²) in [4.78, 5) is 18.3. The minimum atomic E-state index is -0.312. The molecule has 0 amide bonds. The highest BCUT2D eigenvalue weighted by molar-refractivity contribution is 5.86. The molecule has 4 nitrogen and oxygen atoms in total. The van der Waals surface area contributed by atoms with Gasteiger partial charge in [-0.1, -0.05) is 36.4 Å². The summed E-state index contributed by atoms with van der Waals surface area (Å²) in [6.45, 7) is 0. The van der Waals surface area contributed by atoms with Gasteiger partial charge in [0.15, 0.2) is 0 Å². The van der Waals surface area contributed by atoms with Crippen molar-refractivity contribution in [2.45, 2.75) is 0 Å². The van der Waals surface area contributed by atoms with Gasteiger partial charge >= 0.3 is 0 Å². The molecule has 4 heteroatoms. The molecular formula is C14H11N3O. The van der Waals surface area contributed by atoms with Crippen LogP contribution in [0.1, 0.15) is 0 Å². The molecule has 0 saturated heterocycles. The van der Waals surface area contributed by atoms with Crippen LogP contribution < -0.4 is 11.3 Å². The fraction of sp³-hybridized carbons (Fsp3) is 0. The van der Waals surface area contributed by atoms with E-state index in [1.54, 1.807) is 0 Å². The SMILES string of the molecule is Nc1cnc(-c2ccc3ccccc3c2)[nH]c1=O. The lowest BCUT2D eigenvalue weighted by Gasteiger charge is -2.03. The van der Waals surface area contributed by atoms with Crippen LogP contribution in [-0.2, 0) is 0 Å². The summed E-state index contributed by atoms with van der Waals surface area (Å²) in [5, 5.41) is 2.26. The van der Waals surface area contributed by atoms with E-state index in [-0.39, 0.29) is 11.2 Å². The van der Waals surface area contributed by atoms with Gasteiger partial charge in [-0.25, -0.2) is 4.98 Å². The van der Waals surface area contributed by atoms with Gasteiger partial charge < -0.3 is 10.7 Å². The van der Waals surface area contributed by atoms with E-state index in [9.17, 15) is 4.79 Å². The molecule has 0 radical (unpaired) electrons. The summed E-state index contributed by atoms with van der Waals surface area (Å²) >= 11 is 0. The molecule has 2 aromatic carbocycles. The van der Waals surface area contributed by atoms with E-state index < -0.39 is 0 Å². The zero-order valence-corrected chi connectivity index (χ0v) is 9.55.